The molecule has 0 spiro atoms. The lowest BCUT2D eigenvalue weighted by Gasteiger charge is -2.67. The van der Waals surface area contributed by atoms with Gasteiger partial charge in [0.1, 0.15) is 9.75 Å². The summed E-state index contributed by atoms with van der Waals surface area (Å²) in [5, 5.41) is 0. The quantitative estimate of drug-likeness (QED) is 0.275. The third-order valence-electron chi connectivity index (χ3n) is 8.04. The first-order chi connectivity index (χ1) is 17.8. The van der Waals surface area contributed by atoms with E-state index in [0.29, 0.717) is 11.1 Å². The normalized spacial score (nSPS) is 32.8. The van der Waals surface area contributed by atoms with Crippen LogP contribution in [-0.2, 0) is 19.2 Å². The van der Waals surface area contributed by atoms with Gasteiger partial charge in [0, 0.05) is 11.3 Å². The van der Waals surface area contributed by atoms with Crippen LogP contribution in [0, 0.1) is 11.3 Å². The first-order valence-electron chi connectivity index (χ1n) is 12.2. The van der Waals surface area contributed by atoms with Crippen LogP contribution >= 0.6 is 23.2 Å². The van der Waals surface area contributed by atoms with E-state index in [0.717, 1.165) is 11.1 Å². The molecule has 6 heteroatoms. The topological polar surface area (TPSA) is 52.6 Å². The van der Waals surface area contributed by atoms with E-state index in [9.17, 15) is 9.59 Å². The predicted molar refractivity (Wildman–Crippen MR) is 143 cm³/mol. The number of fused-ring (bicyclic) bond motifs is 1. The van der Waals surface area contributed by atoms with E-state index in [1.54, 1.807) is 48.5 Å². The number of benzene rings is 3. The van der Waals surface area contributed by atoms with Crippen LogP contribution in [0.2, 0.25) is 0 Å². The van der Waals surface area contributed by atoms with E-state index in [2.05, 4.69) is 0 Å². The monoisotopic (exact) mass is 530 g/mol. The number of carbonyl (C=O) groups excluding carboxylic acids is 2. The van der Waals surface area contributed by atoms with E-state index in [1.165, 1.54) is 0 Å². The highest BCUT2D eigenvalue weighted by Gasteiger charge is 2.77. The van der Waals surface area contributed by atoms with Gasteiger partial charge in [0.25, 0.3) is 0 Å². The van der Waals surface area contributed by atoms with Crippen LogP contribution in [0.25, 0.3) is 0 Å². The van der Waals surface area contributed by atoms with Crippen LogP contribution in [0.5, 0.6) is 0 Å². The minimum absolute atomic E-state index is 0.334. The van der Waals surface area contributed by atoms with Crippen LogP contribution in [-0.4, -0.2) is 24.1 Å². The summed E-state index contributed by atoms with van der Waals surface area (Å²) in [7, 11) is 0. The van der Waals surface area contributed by atoms with Gasteiger partial charge in [-0.2, -0.15) is 0 Å². The van der Waals surface area contributed by atoms with Gasteiger partial charge in [0.15, 0.2) is 12.2 Å². The van der Waals surface area contributed by atoms with Crippen molar-refractivity contribution < 1.29 is 19.1 Å². The molecule has 7 rings (SSSR count). The molecule has 0 radical (unpaired) electrons. The second-order valence-corrected chi connectivity index (χ2v) is 11.1. The Morgan fingerprint density at radius 3 is 1.81 bits per heavy atom. The minimum atomic E-state index is -1.27. The summed E-state index contributed by atoms with van der Waals surface area (Å²) in [5.74, 6) is -1.46. The highest BCUT2D eigenvalue weighted by atomic mass is 35.5. The Labute approximate surface area is 225 Å². The number of halogens is 2. The smallest absolute Gasteiger partial charge is 0.338 e. The van der Waals surface area contributed by atoms with Crippen LogP contribution in [0.15, 0.2) is 109 Å². The largest absolute Gasteiger partial charge is 0.452 e. The molecule has 37 heavy (non-hydrogen) atoms. The van der Waals surface area contributed by atoms with E-state index in [4.69, 9.17) is 32.7 Å². The Balaban J connectivity index is 1.55. The molecule has 4 aliphatic rings. The van der Waals surface area contributed by atoms with Crippen LogP contribution in [0.1, 0.15) is 38.8 Å². The summed E-state index contributed by atoms with van der Waals surface area (Å²) < 4.78 is 12.4. The van der Waals surface area contributed by atoms with Crippen molar-refractivity contribution in [3.8, 4) is 0 Å². The fraction of sp³-hybridized carbons (Fsp3) is 0.226. The maximum atomic E-state index is 13.4. The molecule has 0 heterocycles. The van der Waals surface area contributed by atoms with E-state index in [-0.39, 0.29) is 5.92 Å². The van der Waals surface area contributed by atoms with Crippen molar-refractivity contribution >= 4 is 35.1 Å². The van der Waals surface area contributed by atoms with Gasteiger partial charge < -0.3 is 9.47 Å². The van der Waals surface area contributed by atoms with E-state index >= 15 is 0 Å². The van der Waals surface area contributed by atoms with Gasteiger partial charge in [-0.05, 0) is 35.4 Å². The molecule has 6 unspecified atom stereocenters. The minimum Gasteiger partial charge on any atom is -0.452 e. The number of hydrogen-bond donors (Lipinski definition) is 0. The number of rotatable bonds is 4. The maximum Gasteiger partial charge on any atom is 0.338 e. The highest BCUT2D eigenvalue weighted by Crippen LogP contribution is 2.72. The number of allylic oxidation sites excluding steroid dienone is 4. The fourth-order valence-electron chi connectivity index (χ4n) is 6.28. The van der Waals surface area contributed by atoms with Gasteiger partial charge >= 0.3 is 11.9 Å². The highest BCUT2D eigenvalue weighted by molar-refractivity contribution is 6.30. The molecule has 0 saturated heterocycles. The van der Waals surface area contributed by atoms with Gasteiger partial charge in [0.2, 0.25) is 0 Å². The summed E-state index contributed by atoms with van der Waals surface area (Å²) in [4.78, 5) is 24.3. The van der Waals surface area contributed by atoms with Gasteiger partial charge in [0.05, 0.1) is 11.1 Å². The summed E-state index contributed by atoms with van der Waals surface area (Å²) in [6.45, 7) is 2.02. The Morgan fingerprint density at radius 2 is 1.22 bits per heavy atom. The summed E-state index contributed by atoms with van der Waals surface area (Å²) in [6, 6.07) is 25.0. The molecule has 0 aliphatic heterocycles. The van der Waals surface area contributed by atoms with Gasteiger partial charge in [-0.3, -0.25) is 0 Å². The molecule has 1 fully saturated rings. The van der Waals surface area contributed by atoms with Crippen LogP contribution < -0.4 is 0 Å². The van der Waals surface area contributed by atoms with Crippen molar-refractivity contribution in [3.05, 3.63) is 131 Å². The number of ether oxygens (including phenoxy) is 2. The zero-order chi connectivity index (χ0) is 25.8. The zero-order valence-electron chi connectivity index (χ0n) is 20.0. The second kappa shape index (κ2) is 8.61. The average molecular weight is 531 g/mol. The molecular formula is C31H24Cl2O4. The third kappa shape index (κ3) is 3.29. The van der Waals surface area contributed by atoms with Crippen molar-refractivity contribution in [2.45, 2.75) is 28.9 Å². The number of alkyl halides is 2. The molecule has 1 saturated carbocycles. The van der Waals surface area contributed by atoms with Gasteiger partial charge in [-0.25, -0.2) is 9.59 Å². The zero-order valence-corrected chi connectivity index (χ0v) is 21.5. The number of esters is 2. The SMILES string of the molecule is CC12C=CC=CC1C1(Cl)c3ccccc3C2(Cl)C(OC(=O)c2ccccc2)C1OC(=O)c1ccccc1. The van der Waals surface area contributed by atoms with Crippen molar-refractivity contribution in [2.75, 3.05) is 0 Å². The van der Waals surface area contributed by atoms with Crippen molar-refractivity contribution in [2.24, 2.45) is 11.3 Å². The lowest BCUT2D eigenvalue weighted by molar-refractivity contribution is -0.139. The van der Waals surface area contributed by atoms with Crippen LogP contribution in [0.4, 0.5) is 0 Å². The standard InChI is InChI=1S/C31H24Cl2O4/c1-29-19-11-10-18-24(29)30(32)22-16-8-9-17-23(22)31(29,33)26(37-28(35)21-14-6-3-7-15-21)25(30)36-27(34)20-12-4-2-5-13-20/h2-19,24-26H,1H3. The molecule has 0 amide bonds. The summed E-state index contributed by atoms with van der Waals surface area (Å²) in [5.41, 5.74) is 1.54. The first-order valence-corrected chi connectivity index (χ1v) is 12.9. The van der Waals surface area contributed by atoms with Crippen molar-refractivity contribution in [3.63, 3.8) is 0 Å². The maximum absolute atomic E-state index is 13.4. The molecule has 4 nitrogen and oxygen atoms in total. The molecule has 3 aromatic carbocycles. The summed E-state index contributed by atoms with van der Waals surface area (Å²) in [6.07, 6.45) is 5.78. The lowest BCUT2D eigenvalue weighted by atomic mass is 9.45. The first kappa shape index (κ1) is 24.0. The molecule has 186 valence electrons. The molecule has 2 bridgehead atoms. The Bertz CT molecular complexity index is 1440. The Morgan fingerprint density at radius 1 is 0.703 bits per heavy atom. The molecule has 4 aliphatic carbocycles. The predicted octanol–water partition coefficient (Wildman–Crippen LogP) is 6.78. The second-order valence-electron chi connectivity index (χ2n) is 9.91. The number of hydrogen-bond acceptors (Lipinski definition) is 4. The Hall–Kier alpha value is -3.34. The van der Waals surface area contributed by atoms with E-state index < -0.39 is 39.3 Å². The van der Waals surface area contributed by atoms with E-state index in [1.807, 2.05) is 67.6 Å². The lowest BCUT2D eigenvalue weighted by Crippen LogP contribution is -2.74. The fourth-order valence-corrected chi connectivity index (χ4v) is 7.40. The molecule has 0 aromatic heterocycles. The molecule has 6 atom stereocenters. The van der Waals surface area contributed by atoms with Crippen molar-refractivity contribution in [1.29, 1.82) is 0 Å². The Kier molecular flexibility index (Phi) is 5.59. The third-order valence-corrected chi connectivity index (χ3v) is 9.52. The van der Waals surface area contributed by atoms with Crippen molar-refractivity contribution in [1.82, 2.24) is 0 Å². The molecule has 0 N–H and O–H groups in total. The number of carbonyl (C=O) groups is 2. The average Bonchev–Trinajstić information content (AvgIpc) is 2.94. The van der Waals surface area contributed by atoms with Gasteiger partial charge in [-0.15, -0.1) is 23.2 Å². The van der Waals surface area contributed by atoms with Gasteiger partial charge in [-0.1, -0.05) is 91.9 Å². The molecular weight excluding hydrogens is 507 g/mol. The molecule has 3 aromatic rings. The summed E-state index contributed by atoms with van der Waals surface area (Å²) >= 11 is 15.4. The van der Waals surface area contributed by atoms with Crippen LogP contribution in [0.3, 0.4) is 0 Å².